The fourth-order valence-corrected chi connectivity index (χ4v) is 3.51. The van der Waals surface area contributed by atoms with Crippen molar-refractivity contribution in [1.82, 2.24) is 15.5 Å². The molecule has 5 heteroatoms. The zero-order valence-corrected chi connectivity index (χ0v) is 16.0. The average Bonchev–Trinajstić information content (AvgIpc) is 3.04. The minimum atomic E-state index is -0.750. The van der Waals surface area contributed by atoms with E-state index in [9.17, 15) is 4.79 Å². The maximum absolute atomic E-state index is 12.8. The van der Waals surface area contributed by atoms with Crippen LogP contribution >= 0.6 is 0 Å². The molecule has 0 fully saturated rings. The van der Waals surface area contributed by atoms with Crippen molar-refractivity contribution >= 4 is 5.91 Å². The first kappa shape index (κ1) is 18.9. The summed E-state index contributed by atoms with van der Waals surface area (Å²) in [6, 6.07) is 19.6. The second kappa shape index (κ2) is 7.76. The van der Waals surface area contributed by atoms with Gasteiger partial charge in [-0.3, -0.25) is 9.89 Å². The second-order valence-electron chi connectivity index (χ2n) is 7.11. The average molecular weight is 362 g/mol. The van der Waals surface area contributed by atoms with Crippen LogP contribution in [0.1, 0.15) is 41.0 Å². The highest BCUT2D eigenvalue weighted by atomic mass is 16.2. The van der Waals surface area contributed by atoms with E-state index in [4.69, 9.17) is 5.73 Å². The molecule has 0 saturated carbocycles. The molecule has 27 heavy (non-hydrogen) atoms. The Morgan fingerprint density at radius 2 is 1.59 bits per heavy atom. The van der Waals surface area contributed by atoms with Crippen molar-refractivity contribution < 1.29 is 4.79 Å². The fourth-order valence-electron chi connectivity index (χ4n) is 3.51. The Bertz CT molecular complexity index is 844. The number of hydrogen-bond donors (Lipinski definition) is 3. The molecule has 1 amide bonds. The number of aromatic nitrogens is 2. The molecule has 5 nitrogen and oxygen atoms in total. The molecular formula is C22H26N4O. The van der Waals surface area contributed by atoms with Crippen LogP contribution in [0, 0.1) is 13.8 Å². The van der Waals surface area contributed by atoms with Gasteiger partial charge in [-0.1, -0.05) is 60.7 Å². The van der Waals surface area contributed by atoms with Crippen molar-refractivity contribution in [1.29, 1.82) is 0 Å². The van der Waals surface area contributed by atoms with E-state index in [1.807, 2.05) is 50.2 Å². The van der Waals surface area contributed by atoms with Crippen molar-refractivity contribution in [2.24, 2.45) is 5.73 Å². The third kappa shape index (κ3) is 3.78. The van der Waals surface area contributed by atoms with E-state index in [0.717, 1.165) is 28.1 Å². The summed E-state index contributed by atoms with van der Waals surface area (Å²) in [6.07, 6.45) is 0. The highest BCUT2D eigenvalue weighted by Crippen LogP contribution is 2.31. The van der Waals surface area contributed by atoms with Gasteiger partial charge in [-0.2, -0.15) is 5.10 Å². The molecule has 0 aliphatic rings. The lowest BCUT2D eigenvalue weighted by atomic mass is 9.76. The molecule has 0 bridgehead atoms. The maximum atomic E-state index is 12.8. The van der Waals surface area contributed by atoms with Crippen molar-refractivity contribution in [3.05, 3.63) is 88.7 Å². The van der Waals surface area contributed by atoms with Gasteiger partial charge in [-0.05, 0) is 31.9 Å². The van der Waals surface area contributed by atoms with Crippen LogP contribution in [0.3, 0.4) is 0 Å². The molecule has 1 aromatic heterocycles. The van der Waals surface area contributed by atoms with Gasteiger partial charge in [-0.25, -0.2) is 0 Å². The number of nitrogens with zero attached hydrogens (tertiary/aromatic N) is 1. The first-order valence-corrected chi connectivity index (χ1v) is 9.09. The first-order valence-electron chi connectivity index (χ1n) is 9.09. The van der Waals surface area contributed by atoms with Crippen LogP contribution in [0.2, 0.25) is 0 Å². The van der Waals surface area contributed by atoms with Gasteiger partial charge in [0, 0.05) is 23.2 Å². The normalized spacial score (nSPS) is 12.6. The van der Waals surface area contributed by atoms with Gasteiger partial charge >= 0.3 is 0 Å². The smallest absolute Gasteiger partial charge is 0.241 e. The molecule has 3 aromatic rings. The molecule has 140 valence electrons. The van der Waals surface area contributed by atoms with Crippen molar-refractivity contribution in [3.8, 4) is 0 Å². The third-order valence-corrected chi connectivity index (χ3v) is 5.22. The van der Waals surface area contributed by atoms with Gasteiger partial charge in [0.25, 0.3) is 0 Å². The molecule has 0 radical (unpaired) electrons. The summed E-state index contributed by atoms with van der Waals surface area (Å²) in [5, 5.41) is 10.1. The summed E-state index contributed by atoms with van der Waals surface area (Å²) >= 11 is 0. The zero-order chi connectivity index (χ0) is 19.4. The van der Waals surface area contributed by atoms with E-state index < -0.39 is 6.04 Å². The summed E-state index contributed by atoms with van der Waals surface area (Å²) < 4.78 is 0. The van der Waals surface area contributed by atoms with Crippen LogP contribution in [-0.2, 0) is 10.2 Å². The highest BCUT2D eigenvalue weighted by molar-refractivity contribution is 5.83. The summed E-state index contributed by atoms with van der Waals surface area (Å²) in [5.74, 6) is -0.208. The molecule has 1 atom stereocenters. The Hall–Kier alpha value is -2.92. The van der Waals surface area contributed by atoms with Crippen LogP contribution in [0.15, 0.2) is 60.7 Å². The SMILES string of the molecule is Cc1n[nH]c(C)c1C(N)C(=O)NCC(C)(c1ccccc1)c1ccccc1. The number of carbonyl (C=O) groups excluding carboxylic acids is 1. The van der Waals surface area contributed by atoms with E-state index in [2.05, 4.69) is 46.7 Å². The lowest BCUT2D eigenvalue weighted by molar-refractivity contribution is -0.122. The van der Waals surface area contributed by atoms with E-state index in [0.29, 0.717) is 6.54 Å². The minimum absolute atomic E-state index is 0.208. The quantitative estimate of drug-likeness (QED) is 0.630. The number of rotatable bonds is 6. The van der Waals surface area contributed by atoms with Gasteiger partial charge in [0.2, 0.25) is 5.91 Å². The number of nitrogens with two attached hydrogens (primary N) is 1. The van der Waals surface area contributed by atoms with Gasteiger partial charge < -0.3 is 11.1 Å². The summed E-state index contributed by atoms with van der Waals surface area (Å²) in [5.41, 5.74) is 10.5. The van der Waals surface area contributed by atoms with E-state index in [1.54, 1.807) is 0 Å². The lowest BCUT2D eigenvalue weighted by Crippen LogP contribution is -2.43. The largest absolute Gasteiger partial charge is 0.353 e. The first-order chi connectivity index (χ1) is 12.9. The predicted octanol–water partition coefficient (Wildman–Crippen LogP) is 3.15. The number of nitrogens with one attached hydrogen (secondary N) is 2. The van der Waals surface area contributed by atoms with E-state index >= 15 is 0 Å². The summed E-state index contributed by atoms with van der Waals surface area (Å²) in [7, 11) is 0. The van der Waals surface area contributed by atoms with Crippen LogP contribution < -0.4 is 11.1 Å². The van der Waals surface area contributed by atoms with Crippen LogP contribution in [-0.4, -0.2) is 22.6 Å². The predicted molar refractivity (Wildman–Crippen MR) is 107 cm³/mol. The summed E-state index contributed by atoms with van der Waals surface area (Å²) in [4.78, 5) is 12.8. The molecule has 0 spiro atoms. The summed E-state index contributed by atoms with van der Waals surface area (Å²) in [6.45, 7) is 6.31. The standard InChI is InChI=1S/C22H26N4O/c1-15-19(16(2)26-25-15)20(23)21(27)24-14-22(3,17-10-6-4-7-11-17)18-12-8-5-9-13-18/h4-13,20H,14,23H2,1-3H3,(H,24,27)(H,25,26). The van der Waals surface area contributed by atoms with E-state index in [1.165, 1.54) is 0 Å². The maximum Gasteiger partial charge on any atom is 0.241 e. The Morgan fingerprint density at radius 3 is 2.04 bits per heavy atom. The van der Waals surface area contributed by atoms with Crippen molar-refractivity contribution in [3.63, 3.8) is 0 Å². The Morgan fingerprint density at radius 1 is 1.07 bits per heavy atom. The van der Waals surface area contributed by atoms with Crippen LogP contribution in [0.4, 0.5) is 0 Å². The van der Waals surface area contributed by atoms with Crippen LogP contribution in [0.5, 0.6) is 0 Å². The highest BCUT2D eigenvalue weighted by Gasteiger charge is 2.31. The molecule has 1 unspecified atom stereocenters. The number of carbonyl (C=O) groups is 1. The Balaban J connectivity index is 1.85. The number of hydrogen-bond acceptors (Lipinski definition) is 3. The van der Waals surface area contributed by atoms with Crippen molar-refractivity contribution in [2.75, 3.05) is 6.54 Å². The second-order valence-corrected chi connectivity index (χ2v) is 7.11. The molecule has 4 N–H and O–H groups in total. The topological polar surface area (TPSA) is 83.8 Å². The molecule has 3 rings (SSSR count). The van der Waals surface area contributed by atoms with Gasteiger partial charge in [-0.15, -0.1) is 0 Å². The molecule has 0 aliphatic carbocycles. The van der Waals surface area contributed by atoms with Gasteiger partial charge in [0.15, 0.2) is 0 Å². The minimum Gasteiger partial charge on any atom is -0.353 e. The zero-order valence-electron chi connectivity index (χ0n) is 16.0. The monoisotopic (exact) mass is 362 g/mol. The molecule has 2 aromatic carbocycles. The van der Waals surface area contributed by atoms with E-state index in [-0.39, 0.29) is 11.3 Å². The van der Waals surface area contributed by atoms with Crippen LogP contribution in [0.25, 0.3) is 0 Å². The fraction of sp³-hybridized carbons (Fsp3) is 0.273. The number of H-pyrrole nitrogens is 1. The molecule has 0 aliphatic heterocycles. The number of aromatic amines is 1. The Kier molecular flexibility index (Phi) is 5.42. The third-order valence-electron chi connectivity index (χ3n) is 5.22. The van der Waals surface area contributed by atoms with Crippen molar-refractivity contribution in [2.45, 2.75) is 32.2 Å². The Labute approximate surface area is 160 Å². The van der Waals surface area contributed by atoms with Gasteiger partial charge in [0.1, 0.15) is 6.04 Å². The molecular weight excluding hydrogens is 336 g/mol. The molecule has 1 heterocycles. The number of benzene rings is 2. The molecule has 0 saturated heterocycles. The number of aryl methyl sites for hydroxylation is 2. The lowest BCUT2D eigenvalue weighted by Gasteiger charge is -2.32. The van der Waals surface area contributed by atoms with Gasteiger partial charge in [0.05, 0.1) is 5.69 Å². The number of amides is 1.